The van der Waals surface area contributed by atoms with Gasteiger partial charge in [-0.1, -0.05) is 18.2 Å². The Balaban J connectivity index is 0.000000383. The zero-order valence-electron chi connectivity index (χ0n) is 21.0. The number of halogens is 1. The molecule has 0 atom stereocenters. The molecule has 3 aromatic carbocycles. The minimum Gasteiger partial charge on any atom is -0.455 e. The maximum Gasteiger partial charge on any atom is 0.255 e. The zero-order chi connectivity index (χ0) is 27.9. The molecular weight excluding hydrogens is 493 g/mol. The van der Waals surface area contributed by atoms with Gasteiger partial charge < -0.3 is 36.1 Å². The average Bonchev–Trinajstić information content (AvgIpc) is 3.32. The standard InChI is InChI=1S/C23H17FN2O3.C5H13NO3/c1-26-23(28)21-18-10-17(15-4-2-3-13(9-15)12-27)19(25)11-20(18)29-22(21)14-5-7-16(24)8-6-14;1-6-5(2-7,3-8)4-9/h2-12H,25H2,1H3,(H,26,28);6-9H,2-4H2,1H3. The van der Waals surface area contributed by atoms with Crippen molar-refractivity contribution in [3.63, 3.8) is 0 Å². The second-order valence-electron chi connectivity index (χ2n) is 8.58. The predicted molar refractivity (Wildman–Crippen MR) is 143 cm³/mol. The van der Waals surface area contributed by atoms with Crippen molar-refractivity contribution in [3.8, 4) is 22.5 Å². The van der Waals surface area contributed by atoms with Crippen molar-refractivity contribution in [1.82, 2.24) is 10.6 Å². The van der Waals surface area contributed by atoms with E-state index in [1.807, 2.05) is 6.07 Å². The van der Waals surface area contributed by atoms with Crippen molar-refractivity contribution in [3.05, 3.63) is 77.6 Å². The van der Waals surface area contributed by atoms with Gasteiger partial charge in [0.2, 0.25) is 0 Å². The van der Waals surface area contributed by atoms with Crippen molar-refractivity contribution >= 4 is 28.8 Å². The summed E-state index contributed by atoms with van der Waals surface area (Å²) in [6.45, 7) is -0.802. The first-order chi connectivity index (χ1) is 18.3. The van der Waals surface area contributed by atoms with E-state index < -0.39 is 5.54 Å². The molecule has 200 valence electrons. The van der Waals surface area contributed by atoms with Gasteiger partial charge in [0.25, 0.3) is 5.91 Å². The summed E-state index contributed by atoms with van der Waals surface area (Å²) in [5.74, 6) is -0.383. The molecule has 0 aliphatic carbocycles. The number of nitrogens with two attached hydrogens (primary N) is 1. The van der Waals surface area contributed by atoms with E-state index in [0.717, 1.165) is 11.8 Å². The van der Waals surface area contributed by atoms with Crippen molar-refractivity contribution < 1.29 is 33.7 Å². The van der Waals surface area contributed by atoms with E-state index in [1.54, 1.807) is 49.5 Å². The minimum absolute atomic E-state index is 0.267. The first kappa shape index (κ1) is 28.5. The highest BCUT2D eigenvalue weighted by atomic mass is 19.1. The van der Waals surface area contributed by atoms with Crippen molar-refractivity contribution in [2.45, 2.75) is 5.54 Å². The number of benzene rings is 3. The number of carbonyl (C=O) groups excluding carboxylic acids is 2. The first-order valence-electron chi connectivity index (χ1n) is 11.7. The maximum absolute atomic E-state index is 13.3. The van der Waals surface area contributed by atoms with Crippen molar-refractivity contribution in [2.75, 3.05) is 39.6 Å². The van der Waals surface area contributed by atoms with Crippen LogP contribution in [-0.2, 0) is 0 Å². The van der Waals surface area contributed by atoms with Crippen LogP contribution in [0.3, 0.4) is 0 Å². The summed E-state index contributed by atoms with van der Waals surface area (Å²) >= 11 is 0. The van der Waals surface area contributed by atoms with Gasteiger partial charge in [-0.05, 0) is 49.0 Å². The van der Waals surface area contributed by atoms with Crippen LogP contribution in [0.5, 0.6) is 0 Å². The molecule has 38 heavy (non-hydrogen) atoms. The fraction of sp³-hybridized carbons (Fsp3) is 0.214. The third-order valence-corrected chi connectivity index (χ3v) is 6.19. The molecule has 0 radical (unpaired) electrons. The van der Waals surface area contributed by atoms with Crippen LogP contribution in [-0.4, -0.2) is 67.0 Å². The fourth-order valence-electron chi connectivity index (χ4n) is 3.73. The van der Waals surface area contributed by atoms with Crippen LogP contribution in [0.15, 0.2) is 65.1 Å². The number of aldehydes is 1. The van der Waals surface area contributed by atoms with E-state index in [-0.39, 0.29) is 31.5 Å². The number of hydrogen-bond acceptors (Lipinski definition) is 8. The van der Waals surface area contributed by atoms with E-state index in [2.05, 4.69) is 10.6 Å². The molecule has 10 heteroatoms. The van der Waals surface area contributed by atoms with Crippen LogP contribution >= 0.6 is 0 Å². The molecule has 0 saturated carbocycles. The molecule has 0 spiro atoms. The molecule has 0 saturated heterocycles. The molecule has 0 aliphatic rings. The lowest BCUT2D eigenvalue weighted by molar-refractivity contribution is 0.0481. The molecule has 1 heterocycles. The molecule has 4 aromatic rings. The number of rotatable bonds is 8. The molecule has 0 aliphatic heterocycles. The summed E-state index contributed by atoms with van der Waals surface area (Å²) in [6, 6.07) is 16.2. The Bertz CT molecular complexity index is 1400. The van der Waals surface area contributed by atoms with E-state index in [1.165, 1.54) is 19.2 Å². The van der Waals surface area contributed by atoms with Gasteiger partial charge >= 0.3 is 0 Å². The van der Waals surface area contributed by atoms with E-state index in [9.17, 15) is 14.0 Å². The van der Waals surface area contributed by atoms with Gasteiger partial charge in [0, 0.05) is 40.9 Å². The summed E-state index contributed by atoms with van der Waals surface area (Å²) < 4.78 is 19.3. The Hall–Kier alpha value is -4.09. The SMILES string of the molecule is CNC(=O)c1c(-c2ccc(F)cc2)oc2cc(N)c(-c3cccc(C=O)c3)cc12.CNC(CO)(CO)CO. The molecule has 7 N–H and O–H groups in total. The zero-order valence-corrected chi connectivity index (χ0v) is 21.0. The number of nitrogens with one attached hydrogen (secondary N) is 2. The molecule has 0 bridgehead atoms. The second kappa shape index (κ2) is 12.4. The second-order valence-corrected chi connectivity index (χ2v) is 8.58. The smallest absolute Gasteiger partial charge is 0.255 e. The number of furan rings is 1. The highest BCUT2D eigenvalue weighted by Gasteiger charge is 2.25. The Kier molecular flexibility index (Phi) is 9.32. The number of hydrogen-bond donors (Lipinski definition) is 6. The van der Waals surface area contributed by atoms with Crippen LogP contribution < -0.4 is 16.4 Å². The number of aliphatic hydroxyl groups is 3. The normalized spacial score (nSPS) is 11.1. The average molecular weight is 524 g/mol. The first-order valence-corrected chi connectivity index (χ1v) is 11.7. The Morgan fingerprint density at radius 2 is 1.66 bits per heavy atom. The van der Waals surface area contributed by atoms with Crippen LogP contribution in [0.25, 0.3) is 33.4 Å². The monoisotopic (exact) mass is 523 g/mol. The predicted octanol–water partition coefficient (Wildman–Crippen LogP) is 2.58. The summed E-state index contributed by atoms with van der Waals surface area (Å²) in [5.41, 5.74) is 9.07. The summed E-state index contributed by atoms with van der Waals surface area (Å²) in [4.78, 5) is 23.8. The van der Waals surface area contributed by atoms with Gasteiger partial charge in [0.1, 0.15) is 23.4 Å². The quantitative estimate of drug-likeness (QED) is 0.152. The summed E-state index contributed by atoms with van der Waals surface area (Å²) in [6.07, 6.45) is 0.763. The van der Waals surface area contributed by atoms with Gasteiger partial charge in [-0.25, -0.2) is 4.39 Å². The number of anilines is 1. The maximum atomic E-state index is 13.3. The van der Waals surface area contributed by atoms with Crippen LogP contribution in [0, 0.1) is 5.82 Å². The summed E-state index contributed by atoms with van der Waals surface area (Å²) in [5, 5.41) is 31.6. The number of amides is 1. The van der Waals surface area contributed by atoms with Crippen LogP contribution in [0.2, 0.25) is 0 Å². The summed E-state index contributed by atoms with van der Waals surface area (Å²) in [7, 11) is 3.10. The molecule has 1 aromatic heterocycles. The molecule has 1 amide bonds. The van der Waals surface area contributed by atoms with Gasteiger partial charge in [-0.2, -0.15) is 0 Å². The van der Waals surface area contributed by atoms with Gasteiger partial charge in [-0.15, -0.1) is 0 Å². The lowest BCUT2D eigenvalue weighted by atomic mass is 9.98. The number of nitrogen functional groups attached to an aromatic ring is 1. The van der Waals surface area contributed by atoms with Crippen LogP contribution in [0.1, 0.15) is 20.7 Å². The molecule has 0 unspecified atom stereocenters. The minimum atomic E-state index is -0.917. The number of fused-ring (bicyclic) bond motifs is 1. The highest BCUT2D eigenvalue weighted by Crippen LogP contribution is 2.38. The topological polar surface area (TPSA) is 158 Å². The van der Waals surface area contributed by atoms with Gasteiger partial charge in [-0.3, -0.25) is 9.59 Å². The molecule has 0 fully saturated rings. The molecule has 9 nitrogen and oxygen atoms in total. The molecule has 4 rings (SSSR count). The lowest BCUT2D eigenvalue weighted by Gasteiger charge is -2.26. The largest absolute Gasteiger partial charge is 0.455 e. The van der Waals surface area contributed by atoms with Crippen molar-refractivity contribution in [1.29, 1.82) is 0 Å². The highest BCUT2D eigenvalue weighted by molar-refractivity contribution is 6.12. The fourth-order valence-corrected chi connectivity index (χ4v) is 3.73. The third-order valence-electron chi connectivity index (χ3n) is 6.19. The number of carbonyl (C=O) groups is 2. The Morgan fingerprint density at radius 3 is 2.18 bits per heavy atom. The van der Waals surface area contributed by atoms with Gasteiger partial charge in [0.15, 0.2) is 0 Å². The van der Waals surface area contributed by atoms with Crippen LogP contribution in [0.4, 0.5) is 10.1 Å². The van der Waals surface area contributed by atoms with Gasteiger partial charge in [0.05, 0.1) is 30.9 Å². The molecular formula is C28H30FN3O6. The third kappa shape index (κ3) is 5.90. The Labute approximate surface area is 218 Å². The number of likely N-dealkylation sites (N-methyl/N-ethyl adjacent to an activating group) is 1. The van der Waals surface area contributed by atoms with Crippen molar-refractivity contribution in [2.24, 2.45) is 0 Å². The lowest BCUT2D eigenvalue weighted by Crippen LogP contribution is -2.52. The van der Waals surface area contributed by atoms with E-state index >= 15 is 0 Å². The van der Waals surface area contributed by atoms with E-state index in [0.29, 0.717) is 44.7 Å². The Morgan fingerprint density at radius 1 is 1.00 bits per heavy atom. The van der Waals surface area contributed by atoms with E-state index in [4.69, 9.17) is 25.5 Å². The number of aliphatic hydroxyl groups excluding tert-OH is 3.